The summed E-state index contributed by atoms with van der Waals surface area (Å²) in [5, 5.41) is 12.8. The van der Waals surface area contributed by atoms with Crippen LogP contribution >= 0.6 is 12.2 Å². The van der Waals surface area contributed by atoms with Crippen LogP contribution in [0.2, 0.25) is 0 Å². The maximum absolute atomic E-state index is 13.0. The van der Waals surface area contributed by atoms with Gasteiger partial charge >= 0.3 is 6.18 Å². The van der Waals surface area contributed by atoms with Gasteiger partial charge in [0.15, 0.2) is 4.77 Å². The molecule has 0 aliphatic heterocycles. The molecular formula is C21H20F3N5OS. The molecule has 31 heavy (non-hydrogen) atoms. The lowest BCUT2D eigenvalue weighted by Gasteiger charge is -2.14. The number of carbonyl (C=O) groups is 1. The predicted molar refractivity (Wildman–Crippen MR) is 113 cm³/mol. The molecule has 2 aromatic carbocycles. The van der Waals surface area contributed by atoms with Crippen LogP contribution in [-0.2, 0) is 12.6 Å². The molecule has 3 N–H and O–H groups in total. The van der Waals surface area contributed by atoms with Crippen molar-refractivity contribution in [2.45, 2.75) is 31.5 Å². The lowest BCUT2D eigenvalue weighted by molar-refractivity contribution is -0.137. The molecule has 0 atom stereocenters. The van der Waals surface area contributed by atoms with E-state index in [1.54, 1.807) is 24.3 Å². The van der Waals surface area contributed by atoms with Crippen LogP contribution < -0.4 is 10.6 Å². The van der Waals surface area contributed by atoms with Crippen LogP contribution in [0.15, 0.2) is 48.5 Å². The van der Waals surface area contributed by atoms with E-state index in [-0.39, 0.29) is 11.6 Å². The molecule has 1 aliphatic rings. The molecule has 0 saturated heterocycles. The Bertz CT molecular complexity index is 1150. The Morgan fingerprint density at radius 2 is 1.97 bits per heavy atom. The number of anilines is 2. The number of benzene rings is 2. The van der Waals surface area contributed by atoms with Crippen LogP contribution in [0.25, 0.3) is 0 Å². The standard InChI is InChI=1S/C21H20F3N5OS/c22-21(23,24)13-4-3-5-14(12-13)26-17-7-2-1-6-16(17)19(30)25-11-10-18-27-28-20(31)29(18)15-8-9-15/h1-7,12,15,26H,8-11H2,(H,25,30)(H,28,31). The Kier molecular flexibility index (Phi) is 5.81. The van der Waals surface area contributed by atoms with Crippen molar-refractivity contribution in [3.63, 3.8) is 0 Å². The Labute approximate surface area is 181 Å². The fourth-order valence-corrected chi connectivity index (χ4v) is 3.63. The number of halogens is 3. The normalized spacial score (nSPS) is 13.8. The van der Waals surface area contributed by atoms with E-state index in [1.807, 2.05) is 4.57 Å². The van der Waals surface area contributed by atoms with Gasteiger partial charge in [-0.1, -0.05) is 18.2 Å². The molecule has 1 aromatic heterocycles. The van der Waals surface area contributed by atoms with Crippen LogP contribution in [-0.4, -0.2) is 27.2 Å². The van der Waals surface area contributed by atoms with Gasteiger partial charge in [-0.05, 0) is 55.4 Å². The highest BCUT2D eigenvalue weighted by atomic mass is 32.1. The van der Waals surface area contributed by atoms with Gasteiger partial charge in [0.2, 0.25) is 0 Å². The third-order valence-electron chi connectivity index (χ3n) is 4.96. The van der Waals surface area contributed by atoms with Crippen molar-refractivity contribution in [1.29, 1.82) is 0 Å². The summed E-state index contributed by atoms with van der Waals surface area (Å²) in [5.41, 5.74) is 0.236. The van der Waals surface area contributed by atoms with Gasteiger partial charge in [0.25, 0.3) is 5.91 Å². The van der Waals surface area contributed by atoms with E-state index in [2.05, 4.69) is 20.8 Å². The number of carbonyl (C=O) groups excluding carboxylic acids is 1. The lowest BCUT2D eigenvalue weighted by atomic mass is 10.1. The molecular weight excluding hydrogens is 427 g/mol. The average molecular weight is 447 g/mol. The van der Waals surface area contributed by atoms with Gasteiger partial charge in [-0.25, -0.2) is 0 Å². The molecule has 0 spiro atoms. The van der Waals surface area contributed by atoms with Crippen molar-refractivity contribution >= 4 is 29.5 Å². The third kappa shape index (κ3) is 4.96. The smallest absolute Gasteiger partial charge is 0.355 e. The van der Waals surface area contributed by atoms with Crippen molar-refractivity contribution in [3.05, 3.63) is 70.3 Å². The van der Waals surface area contributed by atoms with Crippen LogP contribution in [0.5, 0.6) is 0 Å². The number of nitrogens with one attached hydrogen (secondary N) is 3. The maximum Gasteiger partial charge on any atom is 0.416 e. The topological polar surface area (TPSA) is 74.7 Å². The molecule has 162 valence electrons. The van der Waals surface area contributed by atoms with Crippen molar-refractivity contribution in [2.75, 3.05) is 11.9 Å². The minimum absolute atomic E-state index is 0.245. The summed E-state index contributed by atoms with van der Waals surface area (Å²) in [7, 11) is 0. The Morgan fingerprint density at radius 1 is 1.19 bits per heavy atom. The highest BCUT2D eigenvalue weighted by Gasteiger charge is 2.30. The number of hydrogen-bond donors (Lipinski definition) is 3. The quantitative estimate of drug-likeness (QED) is 0.445. The number of amides is 1. The molecule has 1 aliphatic carbocycles. The molecule has 0 radical (unpaired) electrons. The van der Waals surface area contributed by atoms with Gasteiger partial charge in [0.1, 0.15) is 5.82 Å². The van der Waals surface area contributed by atoms with E-state index in [4.69, 9.17) is 12.2 Å². The molecule has 4 rings (SSSR count). The first-order valence-electron chi connectivity index (χ1n) is 9.80. The number of alkyl halides is 3. The van der Waals surface area contributed by atoms with E-state index in [0.717, 1.165) is 30.8 Å². The van der Waals surface area contributed by atoms with E-state index >= 15 is 0 Å². The highest BCUT2D eigenvalue weighted by molar-refractivity contribution is 7.71. The Hall–Kier alpha value is -3.14. The summed E-state index contributed by atoms with van der Waals surface area (Å²) < 4.78 is 41.5. The second-order valence-corrected chi connectivity index (χ2v) is 7.69. The van der Waals surface area contributed by atoms with Gasteiger partial charge in [0, 0.05) is 24.7 Å². The molecule has 0 unspecified atom stereocenters. The van der Waals surface area contributed by atoms with Crippen LogP contribution in [0.1, 0.15) is 40.6 Å². The fourth-order valence-electron chi connectivity index (χ4n) is 3.32. The molecule has 1 amide bonds. The van der Waals surface area contributed by atoms with Crippen molar-refractivity contribution in [3.8, 4) is 0 Å². The number of H-pyrrole nitrogens is 1. The maximum atomic E-state index is 13.0. The molecule has 10 heteroatoms. The SMILES string of the molecule is O=C(NCCc1n[nH]c(=S)n1C1CC1)c1ccccc1Nc1cccc(C(F)(F)F)c1. The molecule has 1 fully saturated rings. The van der Waals surface area contributed by atoms with E-state index < -0.39 is 11.7 Å². The molecule has 0 bridgehead atoms. The minimum Gasteiger partial charge on any atom is -0.355 e. The van der Waals surface area contributed by atoms with Crippen molar-refractivity contribution < 1.29 is 18.0 Å². The van der Waals surface area contributed by atoms with Gasteiger partial charge in [-0.15, -0.1) is 0 Å². The second kappa shape index (κ2) is 8.54. The molecule has 1 saturated carbocycles. The van der Waals surface area contributed by atoms with E-state index in [1.165, 1.54) is 12.1 Å². The zero-order valence-corrected chi connectivity index (χ0v) is 17.2. The summed E-state index contributed by atoms with van der Waals surface area (Å²) in [6.45, 7) is 0.350. The number of aromatic amines is 1. The number of hydrogen-bond acceptors (Lipinski definition) is 4. The van der Waals surface area contributed by atoms with Crippen LogP contribution in [0, 0.1) is 4.77 Å². The lowest BCUT2D eigenvalue weighted by Crippen LogP contribution is -2.27. The zero-order valence-electron chi connectivity index (χ0n) is 16.4. The van der Waals surface area contributed by atoms with Crippen molar-refractivity contribution in [2.24, 2.45) is 0 Å². The third-order valence-corrected chi connectivity index (χ3v) is 5.25. The van der Waals surface area contributed by atoms with Crippen LogP contribution in [0.3, 0.4) is 0 Å². The Balaban J connectivity index is 1.43. The average Bonchev–Trinajstić information content (AvgIpc) is 3.50. The van der Waals surface area contributed by atoms with Crippen LogP contribution in [0.4, 0.5) is 24.5 Å². The van der Waals surface area contributed by atoms with E-state index in [0.29, 0.717) is 35.0 Å². The summed E-state index contributed by atoms with van der Waals surface area (Å²) in [5.74, 6) is 0.463. The van der Waals surface area contributed by atoms with Gasteiger partial charge in [-0.3, -0.25) is 9.89 Å². The number of nitrogens with zero attached hydrogens (tertiary/aromatic N) is 2. The number of para-hydroxylation sites is 1. The first-order valence-corrected chi connectivity index (χ1v) is 10.2. The monoisotopic (exact) mass is 447 g/mol. The van der Waals surface area contributed by atoms with Gasteiger partial charge < -0.3 is 15.2 Å². The second-order valence-electron chi connectivity index (χ2n) is 7.30. The number of aromatic nitrogens is 3. The van der Waals surface area contributed by atoms with E-state index in [9.17, 15) is 18.0 Å². The first kappa shape index (κ1) is 21.1. The Morgan fingerprint density at radius 3 is 2.71 bits per heavy atom. The fraction of sp³-hybridized carbons (Fsp3) is 0.286. The molecule has 6 nitrogen and oxygen atoms in total. The first-order chi connectivity index (χ1) is 14.8. The predicted octanol–water partition coefficient (Wildman–Crippen LogP) is 5.01. The number of rotatable bonds is 7. The molecule has 1 heterocycles. The summed E-state index contributed by atoms with van der Waals surface area (Å²) in [6, 6.07) is 11.9. The zero-order chi connectivity index (χ0) is 22.0. The van der Waals surface area contributed by atoms with Gasteiger partial charge in [0.05, 0.1) is 16.8 Å². The summed E-state index contributed by atoms with van der Waals surface area (Å²) >= 11 is 5.26. The summed E-state index contributed by atoms with van der Waals surface area (Å²) in [6.07, 6.45) is -1.79. The largest absolute Gasteiger partial charge is 0.416 e. The van der Waals surface area contributed by atoms with Gasteiger partial charge in [-0.2, -0.15) is 18.3 Å². The minimum atomic E-state index is -4.44. The molecule has 3 aromatic rings. The highest BCUT2D eigenvalue weighted by Crippen LogP contribution is 2.36. The van der Waals surface area contributed by atoms with Crippen molar-refractivity contribution in [1.82, 2.24) is 20.1 Å². The summed E-state index contributed by atoms with van der Waals surface area (Å²) in [4.78, 5) is 12.7.